The Kier molecular flexibility index (Phi) is 3.92. The van der Waals surface area contributed by atoms with Crippen molar-refractivity contribution in [2.75, 3.05) is 0 Å². The van der Waals surface area contributed by atoms with Gasteiger partial charge < -0.3 is 0 Å². The van der Waals surface area contributed by atoms with E-state index in [4.69, 9.17) is 10.8 Å². The molecule has 0 unspecified atom stereocenters. The van der Waals surface area contributed by atoms with Crippen molar-refractivity contribution in [3.05, 3.63) is 76.7 Å². The maximum atomic E-state index is 12.4. The molecule has 3 rings (SSSR count). The van der Waals surface area contributed by atoms with Crippen LogP contribution in [0.1, 0.15) is 5.56 Å². The zero-order valence-corrected chi connectivity index (χ0v) is 11.0. The first-order valence-electron chi connectivity index (χ1n) is 6.14. The Labute approximate surface area is 116 Å². The zero-order valence-electron chi connectivity index (χ0n) is 11.0. The molecular weight excluding hydrogens is 250 g/mol. The Morgan fingerprint density at radius 1 is 0.900 bits per heavy atom. The highest BCUT2D eigenvalue weighted by Gasteiger charge is 2.05. The fourth-order valence-electron chi connectivity index (χ4n) is 2.21. The predicted molar refractivity (Wildman–Crippen MR) is 77.7 cm³/mol. The molecule has 0 aliphatic heterocycles. The van der Waals surface area contributed by atoms with Gasteiger partial charge in [0.05, 0.1) is 5.69 Å². The number of para-hydroxylation sites is 1. The Hall–Kier alpha value is -2.93. The van der Waals surface area contributed by atoms with Gasteiger partial charge >= 0.3 is 0 Å². The number of rotatable bonds is 1. The van der Waals surface area contributed by atoms with Crippen molar-refractivity contribution in [3.8, 4) is 5.69 Å². The lowest BCUT2D eigenvalue weighted by Crippen LogP contribution is -2.18. The van der Waals surface area contributed by atoms with Crippen LogP contribution in [0.4, 0.5) is 0 Å². The molecule has 2 aromatic carbocycles. The summed E-state index contributed by atoms with van der Waals surface area (Å²) in [5, 5.41) is 13.7. The van der Waals surface area contributed by atoms with E-state index in [0.29, 0.717) is 0 Å². The number of hydrogen-bond donors (Lipinski definition) is 0. The fraction of sp³-hybridized carbons (Fsp3) is 0.0625. The smallest absolute Gasteiger partial charge is 0.262 e. The van der Waals surface area contributed by atoms with Crippen LogP contribution in [0.2, 0.25) is 0 Å². The molecule has 0 saturated carbocycles. The first-order chi connectivity index (χ1) is 9.77. The molecule has 4 heteroatoms. The second-order valence-electron chi connectivity index (χ2n) is 4.36. The van der Waals surface area contributed by atoms with Crippen molar-refractivity contribution in [1.29, 1.82) is 10.8 Å². The van der Waals surface area contributed by atoms with Crippen LogP contribution in [-0.2, 0) is 0 Å². The highest BCUT2D eigenvalue weighted by Crippen LogP contribution is 2.14. The Balaban J connectivity index is 0.000000704. The van der Waals surface area contributed by atoms with Gasteiger partial charge in [-0.2, -0.15) is 0 Å². The largest absolute Gasteiger partial charge is 0.284 e. The minimum atomic E-state index is 0.0300. The molecule has 0 saturated heterocycles. The lowest BCUT2D eigenvalue weighted by Gasteiger charge is -2.09. The third-order valence-corrected chi connectivity index (χ3v) is 3.19. The molecule has 0 amide bonds. The molecule has 4 nitrogen and oxygen atoms in total. The molecule has 0 aliphatic rings. The second kappa shape index (κ2) is 5.81. The molecule has 20 heavy (non-hydrogen) atoms. The van der Waals surface area contributed by atoms with E-state index >= 15 is 0 Å². The van der Waals surface area contributed by atoms with Gasteiger partial charge in [-0.3, -0.25) is 9.36 Å². The number of aromatic nitrogens is 1. The molecule has 0 N–H and O–H groups in total. The molecule has 98 valence electrons. The summed E-state index contributed by atoms with van der Waals surface area (Å²) in [4.78, 5) is 12.4. The number of fused-ring (bicyclic) bond motifs is 1. The number of pyridine rings is 1. The molecule has 0 radical (unpaired) electrons. The van der Waals surface area contributed by atoms with Crippen molar-refractivity contribution in [3.63, 3.8) is 0 Å². The van der Waals surface area contributed by atoms with Crippen LogP contribution < -0.4 is 5.56 Å². The van der Waals surface area contributed by atoms with E-state index in [1.54, 1.807) is 4.57 Å². The molecule has 0 aliphatic carbocycles. The summed E-state index contributed by atoms with van der Waals surface area (Å²) in [6, 6.07) is 17.5. The van der Waals surface area contributed by atoms with Crippen LogP contribution in [-0.4, -0.2) is 4.57 Å². The average Bonchev–Trinajstić information content (AvgIpc) is 2.51. The third-order valence-electron chi connectivity index (χ3n) is 3.19. The number of aryl methyl sites for hydroxylation is 1. The molecule has 0 spiro atoms. The van der Waals surface area contributed by atoms with Crippen molar-refractivity contribution in [2.45, 2.75) is 6.92 Å². The lowest BCUT2D eigenvalue weighted by molar-refractivity contribution is 0.995. The van der Waals surface area contributed by atoms with E-state index in [9.17, 15) is 4.79 Å². The minimum absolute atomic E-state index is 0.0300. The molecule has 1 aromatic heterocycles. The fourth-order valence-corrected chi connectivity index (χ4v) is 2.21. The Bertz CT molecular complexity index is 818. The molecule has 3 aromatic rings. The van der Waals surface area contributed by atoms with Gasteiger partial charge in [0.1, 0.15) is 0 Å². The number of nitrogens with zero attached hydrogens (tertiary/aromatic N) is 3. The summed E-state index contributed by atoms with van der Waals surface area (Å²) >= 11 is 0. The number of benzene rings is 2. The second-order valence-corrected chi connectivity index (χ2v) is 4.36. The molecule has 1 heterocycles. The SMILES string of the molecule is Cc1ccccc1-n1ccc2ccccc2c1=O.N#N. The van der Waals surface area contributed by atoms with Crippen LogP contribution in [0.3, 0.4) is 0 Å². The predicted octanol–water partition coefficient (Wildman–Crippen LogP) is 3.33. The van der Waals surface area contributed by atoms with Crippen LogP contribution in [0.5, 0.6) is 0 Å². The summed E-state index contributed by atoms with van der Waals surface area (Å²) in [6.45, 7) is 2.01. The van der Waals surface area contributed by atoms with E-state index < -0.39 is 0 Å². The van der Waals surface area contributed by atoms with Gasteiger partial charge in [0, 0.05) is 22.4 Å². The molecular formula is C16H13N3O. The van der Waals surface area contributed by atoms with E-state index in [1.165, 1.54) is 0 Å². The van der Waals surface area contributed by atoms with Crippen molar-refractivity contribution in [1.82, 2.24) is 4.57 Å². The van der Waals surface area contributed by atoms with Crippen LogP contribution >= 0.6 is 0 Å². The van der Waals surface area contributed by atoms with E-state index in [2.05, 4.69) is 0 Å². The molecule has 0 bridgehead atoms. The highest BCUT2D eigenvalue weighted by molar-refractivity contribution is 5.81. The first-order valence-corrected chi connectivity index (χ1v) is 6.14. The Morgan fingerprint density at radius 2 is 1.55 bits per heavy atom. The van der Waals surface area contributed by atoms with Gasteiger partial charge in [0.15, 0.2) is 0 Å². The van der Waals surface area contributed by atoms with Gasteiger partial charge in [-0.05, 0) is 36.1 Å². The van der Waals surface area contributed by atoms with Crippen molar-refractivity contribution < 1.29 is 0 Å². The van der Waals surface area contributed by atoms with Gasteiger partial charge in [-0.1, -0.05) is 36.4 Å². The normalized spacial score (nSPS) is 9.75. The summed E-state index contributed by atoms with van der Waals surface area (Å²) in [7, 11) is 0. The minimum Gasteiger partial charge on any atom is -0.284 e. The van der Waals surface area contributed by atoms with Crippen molar-refractivity contribution >= 4 is 10.8 Å². The average molecular weight is 263 g/mol. The quantitative estimate of drug-likeness (QED) is 0.632. The topological polar surface area (TPSA) is 69.6 Å². The van der Waals surface area contributed by atoms with Crippen LogP contribution in [0.25, 0.3) is 16.5 Å². The summed E-state index contributed by atoms with van der Waals surface area (Å²) in [5.74, 6) is 0. The Morgan fingerprint density at radius 3 is 2.30 bits per heavy atom. The molecule has 0 atom stereocenters. The lowest BCUT2D eigenvalue weighted by atomic mass is 10.1. The van der Waals surface area contributed by atoms with Gasteiger partial charge in [0.2, 0.25) is 0 Å². The summed E-state index contributed by atoms with van der Waals surface area (Å²) < 4.78 is 1.71. The molecule has 0 fully saturated rings. The maximum absolute atomic E-state index is 12.4. The summed E-state index contributed by atoms with van der Waals surface area (Å²) in [5.41, 5.74) is 2.06. The highest BCUT2D eigenvalue weighted by atomic mass is 16.1. The summed E-state index contributed by atoms with van der Waals surface area (Å²) in [6.07, 6.45) is 1.84. The third kappa shape index (κ3) is 2.29. The van der Waals surface area contributed by atoms with E-state index in [1.807, 2.05) is 67.7 Å². The van der Waals surface area contributed by atoms with E-state index in [0.717, 1.165) is 22.0 Å². The number of hydrogen-bond acceptors (Lipinski definition) is 3. The van der Waals surface area contributed by atoms with Gasteiger partial charge in [0.25, 0.3) is 5.56 Å². The van der Waals surface area contributed by atoms with E-state index in [-0.39, 0.29) is 5.56 Å². The first kappa shape index (κ1) is 13.5. The monoisotopic (exact) mass is 263 g/mol. The van der Waals surface area contributed by atoms with Gasteiger partial charge in [-0.15, -0.1) is 0 Å². The van der Waals surface area contributed by atoms with Crippen molar-refractivity contribution in [2.24, 2.45) is 0 Å². The van der Waals surface area contributed by atoms with Crippen LogP contribution in [0, 0.1) is 17.7 Å². The van der Waals surface area contributed by atoms with Gasteiger partial charge in [-0.25, -0.2) is 0 Å². The zero-order chi connectivity index (χ0) is 14.5. The maximum Gasteiger partial charge on any atom is 0.262 e. The standard InChI is InChI=1S/C16H13NO.N2/c1-12-6-2-5-9-15(12)17-11-10-13-7-3-4-8-14(13)16(17)18;1-2/h2-11H,1H3;. The van der Waals surface area contributed by atoms with Crippen LogP contribution in [0.15, 0.2) is 65.6 Å².